The van der Waals surface area contributed by atoms with Crippen molar-refractivity contribution in [3.8, 4) is 17.0 Å². The molecule has 2 aliphatic heterocycles. The van der Waals surface area contributed by atoms with E-state index in [1.165, 1.54) is 11.0 Å². The van der Waals surface area contributed by atoms with Crippen molar-refractivity contribution in [2.75, 3.05) is 26.2 Å². The van der Waals surface area contributed by atoms with E-state index in [1.54, 1.807) is 56.1 Å². The van der Waals surface area contributed by atoms with E-state index in [0.29, 0.717) is 42.9 Å². The van der Waals surface area contributed by atoms with Crippen molar-refractivity contribution < 1.29 is 37.4 Å². The Morgan fingerprint density at radius 1 is 1.02 bits per heavy atom. The normalized spacial score (nSPS) is 18.2. The number of aromatic nitrogens is 1. The summed E-state index contributed by atoms with van der Waals surface area (Å²) in [4.78, 5) is 45.2. The number of hydrogen-bond acceptors (Lipinski definition) is 7. The maximum Gasteiger partial charge on any atom is 0.410 e. The number of halogens is 2. The van der Waals surface area contributed by atoms with Gasteiger partial charge in [-0.3, -0.25) is 4.79 Å². The number of carbonyl (C=O) groups excluding carboxylic acids is 3. The molecule has 0 radical (unpaired) electrons. The number of carbonyl (C=O) groups is 3. The number of pyridine rings is 1. The fourth-order valence-corrected chi connectivity index (χ4v) is 5.12. The van der Waals surface area contributed by atoms with E-state index in [1.807, 2.05) is 13.8 Å². The van der Waals surface area contributed by atoms with Crippen molar-refractivity contribution in [2.45, 2.75) is 90.3 Å². The molecule has 1 N–H and O–H groups in total. The number of alkyl halides is 1. The molecule has 3 amide bonds. The second-order valence-electron chi connectivity index (χ2n) is 12.5. The summed E-state index contributed by atoms with van der Waals surface area (Å²) in [5, 5.41) is 2.55. The summed E-state index contributed by atoms with van der Waals surface area (Å²) < 4.78 is 45.7. The van der Waals surface area contributed by atoms with Gasteiger partial charge in [-0.1, -0.05) is 12.1 Å². The van der Waals surface area contributed by atoms with Crippen LogP contribution >= 0.6 is 0 Å². The molecule has 1 aromatic heterocycles. The molecule has 12 heteroatoms. The van der Waals surface area contributed by atoms with Crippen LogP contribution in [0.1, 0.15) is 59.4 Å². The number of nitrogens with zero attached hydrogens (tertiary/aromatic N) is 3. The SMILES string of the molecule is CC(C)OC(=O)N1CCC(Oc2ccc(-c3ccc(CC(NC(=O)OC(C)(C)C)C(=O)N4CCC(F)C4)c(F)c3)cn2)CC1. The number of alkyl carbamates (subject to hydrolysis) is 1. The van der Waals surface area contributed by atoms with Crippen LogP contribution in [0.4, 0.5) is 18.4 Å². The molecule has 240 valence electrons. The van der Waals surface area contributed by atoms with Crippen LogP contribution in [0.15, 0.2) is 36.5 Å². The Labute approximate surface area is 257 Å². The van der Waals surface area contributed by atoms with Gasteiger partial charge in [-0.25, -0.2) is 23.4 Å². The Morgan fingerprint density at radius 2 is 1.70 bits per heavy atom. The number of likely N-dealkylation sites (tertiary alicyclic amines) is 2. The zero-order chi connectivity index (χ0) is 32.0. The van der Waals surface area contributed by atoms with Crippen LogP contribution in [0.5, 0.6) is 5.88 Å². The van der Waals surface area contributed by atoms with Gasteiger partial charge in [0.1, 0.15) is 29.7 Å². The van der Waals surface area contributed by atoms with Crippen LogP contribution in [0.2, 0.25) is 0 Å². The third-order valence-electron chi connectivity index (χ3n) is 7.30. The van der Waals surface area contributed by atoms with Crippen molar-refractivity contribution in [3.05, 3.63) is 47.9 Å². The Morgan fingerprint density at radius 3 is 2.27 bits per heavy atom. The average molecular weight is 617 g/mol. The lowest BCUT2D eigenvalue weighted by atomic mass is 10.00. The highest BCUT2D eigenvalue weighted by atomic mass is 19.1. The van der Waals surface area contributed by atoms with Crippen molar-refractivity contribution in [3.63, 3.8) is 0 Å². The first-order valence-electron chi connectivity index (χ1n) is 15.1. The summed E-state index contributed by atoms with van der Waals surface area (Å²) in [6.45, 7) is 9.95. The molecule has 2 saturated heterocycles. The highest BCUT2D eigenvalue weighted by Crippen LogP contribution is 2.26. The molecule has 2 aromatic rings. The number of benzene rings is 1. The summed E-state index contributed by atoms with van der Waals surface area (Å²) in [5.74, 6) is -0.611. The Kier molecular flexibility index (Phi) is 10.6. The first kappa shape index (κ1) is 32.9. The van der Waals surface area contributed by atoms with Crippen LogP contribution in [0.25, 0.3) is 11.1 Å². The lowest BCUT2D eigenvalue weighted by Gasteiger charge is -2.31. The Bertz CT molecular complexity index is 1310. The minimum atomic E-state index is -1.13. The molecule has 1 aromatic carbocycles. The fraction of sp³-hybridized carbons (Fsp3) is 0.562. The lowest BCUT2D eigenvalue weighted by Crippen LogP contribution is -2.50. The number of piperidine rings is 1. The third kappa shape index (κ3) is 9.27. The fourth-order valence-electron chi connectivity index (χ4n) is 5.12. The minimum Gasteiger partial charge on any atom is -0.474 e. The van der Waals surface area contributed by atoms with Crippen molar-refractivity contribution in [1.82, 2.24) is 20.1 Å². The molecule has 2 unspecified atom stereocenters. The molecular formula is C32H42F2N4O6. The van der Waals surface area contributed by atoms with E-state index in [0.717, 1.165) is 0 Å². The number of nitrogens with one attached hydrogen (secondary N) is 1. The minimum absolute atomic E-state index is 0.0639. The van der Waals surface area contributed by atoms with Crippen LogP contribution in [-0.4, -0.2) is 89.1 Å². The van der Waals surface area contributed by atoms with Gasteiger partial charge in [-0.05, 0) is 64.3 Å². The van der Waals surface area contributed by atoms with Gasteiger partial charge < -0.3 is 29.3 Å². The maximum atomic E-state index is 15.3. The zero-order valence-corrected chi connectivity index (χ0v) is 26.0. The molecule has 3 heterocycles. The standard InChI is InChI=1S/C32H42F2N4O6/c1-20(2)42-31(41)37-14-11-25(12-15-37)43-28-9-8-23(18-35-28)21-6-7-22(26(34)16-21)17-27(36-30(40)44-32(3,4)5)29(39)38-13-10-24(33)19-38/h6-9,16,18,20,24-25,27H,10-15,17,19H2,1-5H3,(H,36,40). The molecule has 0 bridgehead atoms. The smallest absolute Gasteiger partial charge is 0.410 e. The summed E-state index contributed by atoms with van der Waals surface area (Å²) in [6, 6.07) is 7.00. The average Bonchev–Trinajstić information content (AvgIpc) is 3.39. The number of amides is 3. The van der Waals surface area contributed by atoms with Gasteiger partial charge >= 0.3 is 12.2 Å². The predicted molar refractivity (Wildman–Crippen MR) is 159 cm³/mol. The van der Waals surface area contributed by atoms with Gasteiger partial charge in [-0.15, -0.1) is 0 Å². The van der Waals surface area contributed by atoms with Crippen molar-refractivity contribution in [2.24, 2.45) is 0 Å². The van der Waals surface area contributed by atoms with Crippen LogP contribution in [0.3, 0.4) is 0 Å². The summed E-state index contributed by atoms with van der Waals surface area (Å²) in [6.07, 6.45) is 0.484. The molecule has 2 aliphatic rings. The third-order valence-corrected chi connectivity index (χ3v) is 7.30. The monoisotopic (exact) mass is 616 g/mol. The maximum absolute atomic E-state index is 15.3. The van der Waals surface area contributed by atoms with Gasteiger partial charge in [0.2, 0.25) is 11.8 Å². The van der Waals surface area contributed by atoms with E-state index in [9.17, 15) is 18.8 Å². The first-order chi connectivity index (χ1) is 20.8. The molecule has 2 atom stereocenters. The molecule has 0 aliphatic carbocycles. The van der Waals surface area contributed by atoms with Gasteiger partial charge in [0.15, 0.2) is 0 Å². The molecule has 0 spiro atoms. The predicted octanol–water partition coefficient (Wildman–Crippen LogP) is 5.28. The number of rotatable bonds is 8. The summed E-state index contributed by atoms with van der Waals surface area (Å²) in [7, 11) is 0. The van der Waals surface area contributed by atoms with Gasteiger partial charge in [0.05, 0.1) is 12.6 Å². The number of hydrogen-bond donors (Lipinski definition) is 1. The molecular weight excluding hydrogens is 574 g/mol. The quantitative estimate of drug-likeness (QED) is 0.430. The molecule has 2 fully saturated rings. The van der Waals surface area contributed by atoms with Gasteiger partial charge in [0.25, 0.3) is 0 Å². The lowest BCUT2D eigenvalue weighted by molar-refractivity contribution is -0.132. The summed E-state index contributed by atoms with van der Waals surface area (Å²) >= 11 is 0. The molecule has 10 nitrogen and oxygen atoms in total. The largest absolute Gasteiger partial charge is 0.474 e. The van der Waals surface area contributed by atoms with E-state index < -0.39 is 35.6 Å². The Balaban J connectivity index is 1.38. The van der Waals surface area contributed by atoms with E-state index in [4.69, 9.17) is 14.2 Å². The highest BCUT2D eigenvalue weighted by Gasteiger charge is 2.33. The van der Waals surface area contributed by atoms with Crippen LogP contribution in [0, 0.1) is 5.82 Å². The zero-order valence-electron chi connectivity index (χ0n) is 26.0. The number of ether oxygens (including phenoxy) is 3. The van der Waals surface area contributed by atoms with Gasteiger partial charge in [0, 0.05) is 56.7 Å². The molecule has 44 heavy (non-hydrogen) atoms. The van der Waals surface area contributed by atoms with E-state index in [2.05, 4.69) is 10.3 Å². The first-order valence-corrected chi connectivity index (χ1v) is 15.1. The second kappa shape index (κ2) is 14.2. The molecule has 4 rings (SSSR count). The topological polar surface area (TPSA) is 110 Å². The highest BCUT2D eigenvalue weighted by molar-refractivity contribution is 5.86. The second-order valence-corrected chi connectivity index (χ2v) is 12.5. The van der Waals surface area contributed by atoms with E-state index in [-0.39, 0.29) is 49.8 Å². The van der Waals surface area contributed by atoms with Crippen LogP contribution in [-0.2, 0) is 20.7 Å². The molecule has 0 saturated carbocycles. The van der Waals surface area contributed by atoms with E-state index >= 15 is 4.39 Å². The van der Waals surface area contributed by atoms with Gasteiger partial charge in [-0.2, -0.15) is 0 Å². The Hall–Kier alpha value is -3.96. The van der Waals surface area contributed by atoms with Crippen molar-refractivity contribution >= 4 is 18.1 Å². The summed E-state index contributed by atoms with van der Waals surface area (Å²) in [5.41, 5.74) is 0.665. The van der Waals surface area contributed by atoms with Crippen molar-refractivity contribution in [1.29, 1.82) is 0 Å². The van der Waals surface area contributed by atoms with Crippen LogP contribution < -0.4 is 10.1 Å².